The molecular weight excluding hydrogens is 261 g/mol. The monoisotopic (exact) mass is 277 g/mol. The zero-order valence-electron chi connectivity index (χ0n) is 11.1. The largest absolute Gasteiger partial charge is 0.324 e. The Balaban J connectivity index is 2.25. The van der Waals surface area contributed by atoms with Crippen molar-refractivity contribution in [3.8, 4) is 0 Å². The van der Waals surface area contributed by atoms with Gasteiger partial charge in [0.2, 0.25) is 0 Å². The summed E-state index contributed by atoms with van der Waals surface area (Å²) in [7, 11) is 0. The number of hydrogen-bond donors (Lipinski definition) is 1. The van der Waals surface area contributed by atoms with Gasteiger partial charge in [-0.05, 0) is 60.7 Å². The topological polar surface area (TPSA) is 26.0 Å². The van der Waals surface area contributed by atoms with Crippen molar-refractivity contribution >= 4 is 11.6 Å². The van der Waals surface area contributed by atoms with Crippen LogP contribution in [-0.2, 0) is 6.42 Å². The highest BCUT2D eigenvalue weighted by atomic mass is 35.5. The van der Waals surface area contributed by atoms with Gasteiger partial charge in [0.05, 0.1) is 0 Å². The quantitative estimate of drug-likeness (QED) is 0.887. The smallest absolute Gasteiger partial charge is 0.123 e. The van der Waals surface area contributed by atoms with Gasteiger partial charge in [0.1, 0.15) is 5.82 Å². The predicted molar refractivity (Wildman–Crippen MR) is 78.0 cm³/mol. The minimum Gasteiger partial charge on any atom is -0.324 e. The second-order valence-electron chi connectivity index (χ2n) is 4.90. The molecule has 19 heavy (non-hydrogen) atoms. The van der Waals surface area contributed by atoms with Crippen LogP contribution in [0.4, 0.5) is 4.39 Å². The van der Waals surface area contributed by atoms with Gasteiger partial charge in [0.15, 0.2) is 0 Å². The van der Waals surface area contributed by atoms with Gasteiger partial charge in [-0.1, -0.05) is 29.8 Å². The van der Waals surface area contributed by atoms with Crippen LogP contribution in [0.5, 0.6) is 0 Å². The van der Waals surface area contributed by atoms with Crippen LogP contribution in [0, 0.1) is 19.7 Å². The molecule has 1 unspecified atom stereocenters. The summed E-state index contributed by atoms with van der Waals surface area (Å²) in [4.78, 5) is 0. The lowest BCUT2D eigenvalue weighted by molar-refractivity contribution is 0.622. The van der Waals surface area contributed by atoms with Crippen LogP contribution in [-0.4, -0.2) is 0 Å². The summed E-state index contributed by atoms with van der Waals surface area (Å²) in [6, 6.07) is 10.2. The molecule has 0 radical (unpaired) electrons. The number of nitrogens with two attached hydrogens (primary N) is 1. The van der Waals surface area contributed by atoms with Crippen molar-refractivity contribution in [2.24, 2.45) is 5.73 Å². The zero-order valence-corrected chi connectivity index (χ0v) is 11.8. The second-order valence-corrected chi connectivity index (χ2v) is 5.31. The summed E-state index contributed by atoms with van der Waals surface area (Å²) in [6.45, 7) is 4.05. The minimum absolute atomic E-state index is 0.228. The van der Waals surface area contributed by atoms with Gasteiger partial charge in [-0.2, -0.15) is 0 Å². The Kier molecular flexibility index (Phi) is 4.23. The van der Waals surface area contributed by atoms with E-state index >= 15 is 0 Å². The van der Waals surface area contributed by atoms with Gasteiger partial charge in [0, 0.05) is 11.1 Å². The van der Waals surface area contributed by atoms with Crippen molar-refractivity contribution in [3.05, 3.63) is 69.5 Å². The normalized spacial score (nSPS) is 12.5. The lowest BCUT2D eigenvalue weighted by Crippen LogP contribution is -2.14. The van der Waals surface area contributed by atoms with Crippen molar-refractivity contribution in [1.82, 2.24) is 0 Å². The highest BCUT2D eigenvalue weighted by molar-refractivity contribution is 6.31. The Morgan fingerprint density at radius 1 is 1.16 bits per heavy atom. The first kappa shape index (κ1) is 14.0. The molecule has 2 N–H and O–H groups in total. The van der Waals surface area contributed by atoms with E-state index in [1.165, 1.54) is 12.1 Å². The van der Waals surface area contributed by atoms with Crippen molar-refractivity contribution in [3.63, 3.8) is 0 Å². The molecule has 0 aliphatic rings. The summed E-state index contributed by atoms with van der Waals surface area (Å²) in [5, 5.41) is 0.673. The highest BCUT2D eigenvalue weighted by Gasteiger charge is 2.12. The molecule has 2 rings (SSSR count). The lowest BCUT2D eigenvalue weighted by atomic mass is 9.96. The van der Waals surface area contributed by atoms with Gasteiger partial charge in [-0.15, -0.1) is 0 Å². The summed E-state index contributed by atoms with van der Waals surface area (Å²) in [6.07, 6.45) is 0.569. The van der Waals surface area contributed by atoms with Crippen LogP contribution in [0.1, 0.15) is 28.3 Å². The van der Waals surface area contributed by atoms with Crippen molar-refractivity contribution in [1.29, 1.82) is 0 Å². The summed E-state index contributed by atoms with van der Waals surface area (Å²) in [5.41, 5.74) is 10.3. The van der Waals surface area contributed by atoms with Gasteiger partial charge in [-0.3, -0.25) is 0 Å². The van der Waals surface area contributed by atoms with Crippen LogP contribution in [0.25, 0.3) is 0 Å². The first-order valence-corrected chi connectivity index (χ1v) is 6.62. The van der Waals surface area contributed by atoms with Crippen molar-refractivity contribution in [2.45, 2.75) is 26.3 Å². The molecule has 0 bridgehead atoms. The third kappa shape index (κ3) is 3.34. The lowest BCUT2D eigenvalue weighted by Gasteiger charge is -2.16. The fraction of sp³-hybridized carbons (Fsp3) is 0.250. The number of hydrogen-bond acceptors (Lipinski definition) is 1. The molecule has 1 atom stereocenters. The Hall–Kier alpha value is -1.38. The molecule has 0 spiro atoms. The Morgan fingerprint density at radius 2 is 1.84 bits per heavy atom. The number of benzene rings is 2. The van der Waals surface area contributed by atoms with E-state index in [4.69, 9.17) is 17.3 Å². The molecule has 0 aliphatic heterocycles. The van der Waals surface area contributed by atoms with Crippen LogP contribution in [0.2, 0.25) is 5.02 Å². The van der Waals surface area contributed by atoms with Crippen LogP contribution >= 0.6 is 11.6 Å². The van der Waals surface area contributed by atoms with Crippen LogP contribution in [0.3, 0.4) is 0 Å². The molecule has 0 saturated heterocycles. The first-order valence-electron chi connectivity index (χ1n) is 6.24. The molecule has 2 aromatic rings. The maximum atomic E-state index is 13.1. The molecule has 0 heterocycles. The SMILES string of the molecule is Cc1cc(Cl)c(C(N)Cc2cccc(F)c2)cc1C. The van der Waals surface area contributed by atoms with Gasteiger partial charge in [-0.25, -0.2) is 4.39 Å². The summed E-state index contributed by atoms with van der Waals surface area (Å²) < 4.78 is 13.1. The maximum Gasteiger partial charge on any atom is 0.123 e. The third-order valence-electron chi connectivity index (χ3n) is 3.36. The van der Waals surface area contributed by atoms with E-state index in [0.717, 1.165) is 22.3 Å². The average molecular weight is 278 g/mol. The number of aryl methyl sites for hydroxylation is 2. The van der Waals surface area contributed by atoms with E-state index in [2.05, 4.69) is 0 Å². The molecular formula is C16H17ClFN. The first-order chi connectivity index (χ1) is 8.97. The zero-order chi connectivity index (χ0) is 14.0. The summed E-state index contributed by atoms with van der Waals surface area (Å²) >= 11 is 6.24. The van der Waals surface area contributed by atoms with Crippen molar-refractivity contribution in [2.75, 3.05) is 0 Å². The molecule has 0 saturated carbocycles. The Bertz CT molecular complexity index is 595. The van der Waals surface area contributed by atoms with E-state index < -0.39 is 0 Å². The van der Waals surface area contributed by atoms with Gasteiger partial charge < -0.3 is 5.73 Å². The molecule has 0 aromatic heterocycles. The van der Waals surface area contributed by atoms with Crippen molar-refractivity contribution < 1.29 is 4.39 Å². The van der Waals surface area contributed by atoms with Gasteiger partial charge >= 0.3 is 0 Å². The Labute approximate surface area is 118 Å². The predicted octanol–water partition coefficient (Wildman–Crippen LogP) is 4.34. The van der Waals surface area contributed by atoms with E-state index in [1.807, 2.05) is 32.0 Å². The molecule has 2 aromatic carbocycles. The van der Waals surface area contributed by atoms with E-state index in [1.54, 1.807) is 6.07 Å². The fourth-order valence-corrected chi connectivity index (χ4v) is 2.47. The van der Waals surface area contributed by atoms with Gasteiger partial charge in [0.25, 0.3) is 0 Å². The standard InChI is InChI=1S/C16H17ClFN/c1-10-6-14(15(17)7-11(10)2)16(19)9-12-4-3-5-13(18)8-12/h3-8,16H,9,19H2,1-2H3. The highest BCUT2D eigenvalue weighted by Crippen LogP contribution is 2.27. The van der Waals surface area contributed by atoms with E-state index in [0.29, 0.717) is 11.4 Å². The molecule has 100 valence electrons. The van der Waals surface area contributed by atoms with Crippen LogP contribution in [0.15, 0.2) is 36.4 Å². The Morgan fingerprint density at radius 3 is 2.53 bits per heavy atom. The van der Waals surface area contributed by atoms with E-state index in [-0.39, 0.29) is 11.9 Å². The van der Waals surface area contributed by atoms with E-state index in [9.17, 15) is 4.39 Å². The number of rotatable bonds is 3. The number of halogens is 2. The molecule has 0 aliphatic carbocycles. The molecule has 3 heteroatoms. The molecule has 1 nitrogen and oxygen atoms in total. The maximum absolute atomic E-state index is 13.1. The minimum atomic E-state index is -0.240. The molecule has 0 amide bonds. The fourth-order valence-electron chi connectivity index (χ4n) is 2.12. The third-order valence-corrected chi connectivity index (χ3v) is 3.68. The summed E-state index contributed by atoms with van der Waals surface area (Å²) in [5.74, 6) is -0.240. The van der Waals surface area contributed by atoms with Crippen LogP contribution < -0.4 is 5.73 Å². The average Bonchev–Trinajstić information content (AvgIpc) is 2.33. The molecule has 0 fully saturated rings. The second kappa shape index (κ2) is 5.72.